The number of fused-ring (bicyclic) bond motifs is 12. The molecule has 2 aliphatic rings. The van der Waals surface area contributed by atoms with Crippen molar-refractivity contribution in [2.24, 2.45) is 0 Å². The van der Waals surface area contributed by atoms with Gasteiger partial charge in [0.25, 0.3) is 0 Å². The first-order chi connectivity index (χ1) is 58.1. The fraction of sp³-hybridized carbons (Fsp3) is 0.0526. The van der Waals surface area contributed by atoms with Gasteiger partial charge >= 0.3 is 0 Å². The van der Waals surface area contributed by atoms with E-state index in [1.807, 2.05) is 22.7 Å². The van der Waals surface area contributed by atoms with Gasteiger partial charge in [-0.25, -0.2) is 0 Å². The van der Waals surface area contributed by atoms with Crippen molar-refractivity contribution in [3.05, 3.63) is 479 Å². The van der Waals surface area contributed by atoms with Crippen LogP contribution in [0.5, 0.6) is 0 Å². The molecule has 0 N–H and O–H groups in total. The van der Waals surface area contributed by atoms with Gasteiger partial charge in [-0.05, 0) is 258 Å². The first-order valence-electron chi connectivity index (χ1n) is 40.9. The summed E-state index contributed by atoms with van der Waals surface area (Å²) in [4.78, 5) is 5.06. The summed E-state index contributed by atoms with van der Waals surface area (Å²) in [5.41, 5.74) is 37.3. The Balaban J connectivity index is 0.663. The highest BCUT2D eigenvalue weighted by Gasteiger charge is 2.48. The van der Waals surface area contributed by atoms with Gasteiger partial charge in [-0.1, -0.05) is 315 Å². The fourth-order valence-electron chi connectivity index (χ4n) is 20.0. The monoisotopic (exact) mass is 1540 g/mol. The number of rotatable bonds is 15. The molecule has 0 spiro atoms. The van der Waals surface area contributed by atoms with Crippen LogP contribution < -0.4 is 9.80 Å². The quantitative estimate of drug-likeness (QED) is 0.101. The van der Waals surface area contributed by atoms with Crippen molar-refractivity contribution in [3.63, 3.8) is 0 Å². The predicted octanol–water partition coefficient (Wildman–Crippen LogP) is 31.7. The molecule has 0 unspecified atom stereocenters. The molecule has 0 saturated heterocycles. The first kappa shape index (κ1) is 70.6. The number of anilines is 6. The van der Waals surface area contributed by atoms with Gasteiger partial charge in [0, 0.05) is 74.2 Å². The third-order valence-corrected chi connectivity index (χ3v) is 27.6. The van der Waals surface area contributed by atoms with E-state index in [0.29, 0.717) is 0 Å². The van der Waals surface area contributed by atoms with Crippen molar-refractivity contribution in [3.8, 4) is 77.9 Å². The molecule has 2 nitrogen and oxygen atoms in total. The normalized spacial score (nSPS) is 12.9. The molecule has 4 heteroatoms. The molecule has 2 aromatic heterocycles. The SMILES string of the molecule is Cc1cc(-c2ccc(N(c3ccc(-c4ccc5c(c4)C(c4ccccc4)(c4ccccc4)c4ccccc4-5)cc3)c3c(C)cccc3-c3ccc4sc5ccccc5c4c3)c(C)c2)ccc1N(c1ccc(-c2ccc3c(c2)C(c2ccccc2)(c2ccccc2)c2ccccc2-3)cc1)c1c(C)cccc1-c1ccc2sc3ccccc3c2c1. The molecule has 0 saturated carbocycles. The van der Waals surface area contributed by atoms with Crippen LogP contribution in [0.2, 0.25) is 0 Å². The number of hydrogen-bond acceptors (Lipinski definition) is 4. The van der Waals surface area contributed by atoms with Crippen LogP contribution in [0.3, 0.4) is 0 Å². The van der Waals surface area contributed by atoms with Crippen molar-refractivity contribution >= 4 is 97.1 Å². The molecule has 2 aliphatic carbocycles. The molecule has 0 bridgehead atoms. The molecule has 20 aromatic rings. The third-order valence-electron chi connectivity index (χ3n) is 25.3. The lowest BCUT2D eigenvalue weighted by Gasteiger charge is -2.34. The van der Waals surface area contributed by atoms with Gasteiger partial charge in [-0.3, -0.25) is 0 Å². The molecule has 22 rings (SSSR count). The molecule has 0 amide bonds. The van der Waals surface area contributed by atoms with Crippen LogP contribution in [0.15, 0.2) is 413 Å². The van der Waals surface area contributed by atoms with Crippen LogP contribution in [0.1, 0.15) is 66.8 Å². The van der Waals surface area contributed by atoms with E-state index in [-0.39, 0.29) is 0 Å². The number of aryl methyl sites for hydroxylation is 4. The second-order valence-corrected chi connectivity index (χ2v) is 34.1. The average Bonchev–Trinajstić information content (AvgIpc) is 1.54. The van der Waals surface area contributed by atoms with Crippen molar-refractivity contribution < 1.29 is 0 Å². The summed E-state index contributed by atoms with van der Waals surface area (Å²) in [6.45, 7) is 9.14. The maximum atomic E-state index is 2.53. The molecule has 0 radical (unpaired) electrons. The molecular weight excluding hydrogens is 1460 g/mol. The first-order valence-corrected chi connectivity index (χ1v) is 42.6. The Morgan fingerprint density at radius 2 is 0.500 bits per heavy atom. The van der Waals surface area contributed by atoms with E-state index in [9.17, 15) is 0 Å². The van der Waals surface area contributed by atoms with E-state index in [0.717, 1.165) is 67.5 Å². The van der Waals surface area contributed by atoms with Crippen LogP contribution in [0.25, 0.3) is 118 Å². The largest absolute Gasteiger partial charge is 0.309 e. The summed E-state index contributed by atoms with van der Waals surface area (Å²) in [7, 11) is 0. The molecule has 558 valence electrons. The summed E-state index contributed by atoms with van der Waals surface area (Å²) < 4.78 is 5.18. The predicted molar refractivity (Wildman–Crippen MR) is 502 cm³/mol. The summed E-state index contributed by atoms with van der Waals surface area (Å²) >= 11 is 3.73. The highest BCUT2D eigenvalue weighted by Crippen LogP contribution is 2.60. The smallest absolute Gasteiger partial charge is 0.0713 e. The lowest BCUT2D eigenvalue weighted by atomic mass is 9.67. The third kappa shape index (κ3) is 11.3. The summed E-state index contributed by atoms with van der Waals surface area (Å²) in [5.74, 6) is 0. The van der Waals surface area contributed by atoms with Crippen LogP contribution in [-0.4, -0.2) is 0 Å². The van der Waals surface area contributed by atoms with Gasteiger partial charge in [-0.15, -0.1) is 22.7 Å². The Morgan fingerprint density at radius 3 is 0.890 bits per heavy atom. The van der Waals surface area contributed by atoms with Crippen LogP contribution in [-0.2, 0) is 10.8 Å². The van der Waals surface area contributed by atoms with Crippen LogP contribution >= 0.6 is 22.7 Å². The highest BCUT2D eigenvalue weighted by molar-refractivity contribution is 7.26. The highest BCUT2D eigenvalue weighted by atomic mass is 32.1. The summed E-state index contributed by atoms with van der Waals surface area (Å²) in [6, 6.07) is 155. The van der Waals surface area contributed by atoms with Gasteiger partial charge in [0.05, 0.1) is 22.2 Å². The molecule has 18 aromatic carbocycles. The van der Waals surface area contributed by atoms with Crippen LogP contribution in [0.4, 0.5) is 34.1 Å². The second kappa shape index (κ2) is 28.5. The second-order valence-electron chi connectivity index (χ2n) is 31.9. The molecular formula is C114H80N2S2. The van der Waals surface area contributed by atoms with Crippen molar-refractivity contribution in [2.45, 2.75) is 38.5 Å². The molecule has 2 heterocycles. The molecule has 118 heavy (non-hydrogen) atoms. The van der Waals surface area contributed by atoms with Crippen molar-refractivity contribution in [1.29, 1.82) is 0 Å². The number of benzene rings is 18. The lowest BCUT2D eigenvalue weighted by Crippen LogP contribution is -2.28. The van der Waals surface area contributed by atoms with E-state index >= 15 is 0 Å². The van der Waals surface area contributed by atoms with Crippen molar-refractivity contribution in [1.82, 2.24) is 0 Å². The van der Waals surface area contributed by atoms with E-state index < -0.39 is 10.8 Å². The average molecular weight is 1540 g/mol. The van der Waals surface area contributed by atoms with E-state index in [1.165, 1.54) is 152 Å². The van der Waals surface area contributed by atoms with Crippen LogP contribution in [0, 0.1) is 27.7 Å². The Labute approximate surface area is 697 Å². The lowest BCUT2D eigenvalue weighted by molar-refractivity contribution is 0.769. The van der Waals surface area contributed by atoms with Gasteiger partial charge in [-0.2, -0.15) is 0 Å². The van der Waals surface area contributed by atoms with Gasteiger partial charge in [0.2, 0.25) is 0 Å². The number of para-hydroxylation sites is 2. The summed E-state index contributed by atoms with van der Waals surface area (Å²) in [5, 5.41) is 5.14. The maximum absolute atomic E-state index is 2.53. The Morgan fingerprint density at radius 1 is 0.195 bits per heavy atom. The zero-order valence-corrected chi connectivity index (χ0v) is 67.6. The Bertz CT molecular complexity index is 6820. The molecule has 0 atom stereocenters. The zero-order chi connectivity index (χ0) is 78.7. The fourth-order valence-corrected chi connectivity index (χ4v) is 22.1. The summed E-state index contributed by atoms with van der Waals surface area (Å²) in [6.07, 6.45) is 0. The molecule has 0 aliphatic heterocycles. The van der Waals surface area contributed by atoms with Crippen molar-refractivity contribution in [2.75, 3.05) is 9.80 Å². The minimum Gasteiger partial charge on any atom is -0.309 e. The number of hydrogen-bond donors (Lipinski definition) is 0. The standard InChI is InChI=1S/C114H80N2S2/c1-73-27-25-41-91(83-55-65-109-99(69-83)97-39-19-23-45-107(97)117-109)111(73)115(89-57-47-77(48-58-89)81-51-61-95-93-37-17-21-43-101(93)113(103(95)71-81,85-29-9-5-10-30-85)86-31-11-6-12-32-86)105-63-53-79(67-75(105)3)80-54-64-106(76(4)68-80)116(112-74(2)28-26-42-92(112)84-56-66-110-100(70-84)98-40-20-24-46-108(98)118-110)90-59-49-78(50-60-90)82-52-62-96-94-38-18-22-44-102(94)114(104(96)72-82,87-33-13-7-14-34-87)88-35-15-8-16-36-88/h5-72H,1-4H3. The van der Waals surface area contributed by atoms with Gasteiger partial charge < -0.3 is 9.80 Å². The topological polar surface area (TPSA) is 6.48 Å². The van der Waals surface area contributed by atoms with Gasteiger partial charge in [0.15, 0.2) is 0 Å². The number of nitrogens with zero attached hydrogens (tertiary/aromatic N) is 2. The molecule has 0 fully saturated rings. The Hall–Kier alpha value is -14.0. The zero-order valence-electron chi connectivity index (χ0n) is 66.0. The Kier molecular flexibility index (Phi) is 17.0. The minimum atomic E-state index is -0.510. The minimum absolute atomic E-state index is 0.510. The van der Waals surface area contributed by atoms with E-state index in [1.54, 1.807) is 0 Å². The van der Waals surface area contributed by atoms with E-state index in [4.69, 9.17) is 0 Å². The van der Waals surface area contributed by atoms with Gasteiger partial charge in [0.1, 0.15) is 0 Å². The maximum Gasteiger partial charge on any atom is 0.0713 e. The number of thiophene rings is 2. The van der Waals surface area contributed by atoms with E-state index in [2.05, 4.69) is 450 Å².